The van der Waals surface area contributed by atoms with Crippen LogP contribution in [0.5, 0.6) is 5.75 Å². The van der Waals surface area contributed by atoms with E-state index in [0.717, 1.165) is 26.2 Å². The van der Waals surface area contributed by atoms with Crippen LogP contribution in [0.1, 0.15) is 28.4 Å². The second-order valence-electron chi connectivity index (χ2n) is 4.33. The van der Waals surface area contributed by atoms with Crippen molar-refractivity contribution in [3.63, 3.8) is 0 Å². The smallest absolute Gasteiger partial charge is 0.124 e. The van der Waals surface area contributed by atoms with Gasteiger partial charge in [0.2, 0.25) is 0 Å². The van der Waals surface area contributed by atoms with Gasteiger partial charge in [-0.05, 0) is 39.1 Å². The molecule has 1 heterocycles. The van der Waals surface area contributed by atoms with Crippen LogP contribution >= 0.6 is 22.9 Å². The Bertz CT molecular complexity index is 556. The standard InChI is InChI=1S/C14H17ClN2OS/c1-9(16-3)13-6-11(15)4-5-14(13)18-8-12-7-17-10(2)19-12/h4-7,9,16H,8H2,1-3H3. The molecule has 0 amide bonds. The van der Waals surface area contributed by atoms with Gasteiger partial charge < -0.3 is 10.1 Å². The summed E-state index contributed by atoms with van der Waals surface area (Å²) in [6, 6.07) is 5.90. The summed E-state index contributed by atoms with van der Waals surface area (Å²) in [5, 5.41) is 4.98. The molecule has 0 aliphatic heterocycles. The van der Waals surface area contributed by atoms with Gasteiger partial charge in [-0.1, -0.05) is 11.6 Å². The number of rotatable bonds is 5. The van der Waals surface area contributed by atoms with Crippen molar-refractivity contribution in [3.8, 4) is 5.75 Å². The Morgan fingerprint density at radius 1 is 1.47 bits per heavy atom. The van der Waals surface area contributed by atoms with Gasteiger partial charge >= 0.3 is 0 Å². The lowest BCUT2D eigenvalue weighted by atomic mass is 10.1. The van der Waals surface area contributed by atoms with Crippen LogP contribution < -0.4 is 10.1 Å². The molecule has 0 fully saturated rings. The minimum Gasteiger partial charge on any atom is -0.488 e. The molecule has 2 aromatic rings. The molecule has 1 aromatic heterocycles. The number of aryl methyl sites for hydroxylation is 1. The zero-order valence-electron chi connectivity index (χ0n) is 11.2. The van der Waals surface area contributed by atoms with Crippen molar-refractivity contribution in [1.29, 1.82) is 0 Å². The number of benzene rings is 1. The van der Waals surface area contributed by atoms with Gasteiger partial charge in [-0.25, -0.2) is 4.98 Å². The Kier molecular flexibility index (Phi) is 4.80. The number of thiazole rings is 1. The Morgan fingerprint density at radius 3 is 2.89 bits per heavy atom. The predicted molar refractivity (Wildman–Crippen MR) is 80.1 cm³/mol. The van der Waals surface area contributed by atoms with Crippen molar-refractivity contribution < 1.29 is 4.74 Å². The maximum Gasteiger partial charge on any atom is 0.124 e. The van der Waals surface area contributed by atoms with Crippen molar-refractivity contribution in [3.05, 3.63) is 44.9 Å². The molecule has 1 unspecified atom stereocenters. The zero-order chi connectivity index (χ0) is 13.8. The molecule has 0 spiro atoms. The maximum absolute atomic E-state index is 6.05. The van der Waals surface area contributed by atoms with Crippen LogP contribution in [-0.2, 0) is 6.61 Å². The van der Waals surface area contributed by atoms with E-state index in [1.807, 2.05) is 38.4 Å². The second-order valence-corrected chi connectivity index (χ2v) is 6.08. The van der Waals surface area contributed by atoms with Crippen LogP contribution in [0.3, 0.4) is 0 Å². The summed E-state index contributed by atoms with van der Waals surface area (Å²) >= 11 is 7.70. The fourth-order valence-corrected chi connectivity index (χ4v) is 2.65. The average Bonchev–Trinajstić information content (AvgIpc) is 2.82. The van der Waals surface area contributed by atoms with E-state index >= 15 is 0 Å². The number of nitrogens with zero attached hydrogens (tertiary/aromatic N) is 1. The SMILES string of the molecule is CNC(C)c1cc(Cl)ccc1OCc1cnc(C)s1. The van der Waals surface area contributed by atoms with Gasteiger partial charge in [0, 0.05) is 22.8 Å². The van der Waals surface area contributed by atoms with Gasteiger partial charge in [0.05, 0.1) is 9.88 Å². The summed E-state index contributed by atoms with van der Waals surface area (Å²) < 4.78 is 5.89. The summed E-state index contributed by atoms with van der Waals surface area (Å²) in [5.41, 5.74) is 1.07. The molecule has 0 saturated carbocycles. The molecule has 0 aliphatic carbocycles. The second kappa shape index (κ2) is 6.37. The molecule has 5 heteroatoms. The van der Waals surface area contributed by atoms with Crippen LogP contribution in [-0.4, -0.2) is 12.0 Å². The summed E-state index contributed by atoms with van der Waals surface area (Å²) in [4.78, 5) is 5.34. The molecule has 3 nitrogen and oxygen atoms in total. The molecule has 1 atom stereocenters. The molecule has 19 heavy (non-hydrogen) atoms. The lowest BCUT2D eigenvalue weighted by molar-refractivity contribution is 0.303. The molecular formula is C14H17ClN2OS. The molecule has 2 rings (SSSR count). The highest BCUT2D eigenvalue weighted by Crippen LogP contribution is 2.29. The van der Waals surface area contributed by atoms with Gasteiger partial charge in [-0.15, -0.1) is 11.3 Å². The lowest BCUT2D eigenvalue weighted by Crippen LogP contribution is -2.13. The third-order valence-electron chi connectivity index (χ3n) is 2.91. The average molecular weight is 297 g/mol. The number of ether oxygens (including phenoxy) is 1. The van der Waals surface area contributed by atoms with Gasteiger partial charge in [0.1, 0.15) is 12.4 Å². The van der Waals surface area contributed by atoms with Crippen molar-refractivity contribution in [2.45, 2.75) is 26.5 Å². The fourth-order valence-electron chi connectivity index (χ4n) is 1.77. The van der Waals surface area contributed by atoms with Crippen molar-refractivity contribution in [2.24, 2.45) is 0 Å². The zero-order valence-corrected chi connectivity index (χ0v) is 12.8. The predicted octanol–water partition coefficient (Wildman–Crippen LogP) is 3.96. The molecule has 0 saturated heterocycles. The van der Waals surface area contributed by atoms with E-state index in [1.165, 1.54) is 0 Å². The Balaban J connectivity index is 2.15. The number of nitrogens with one attached hydrogen (secondary N) is 1. The van der Waals surface area contributed by atoms with Gasteiger partial charge in [0.25, 0.3) is 0 Å². The van der Waals surface area contributed by atoms with E-state index in [0.29, 0.717) is 6.61 Å². The lowest BCUT2D eigenvalue weighted by Gasteiger charge is -2.16. The minimum atomic E-state index is 0.192. The van der Waals surface area contributed by atoms with Crippen LogP contribution in [0.15, 0.2) is 24.4 Å². The summed E-state index contributed by atoms with van der Waals surface area (Å²) in [6.45, 7) is 4.61. The van der Waals surface area contributed by atoms with E-state index in [-0.39, 0.29) is 6.04 Å². The van der Waals surface area contributed by atoms with Crippen LogP contribution in [0.25, 0.3) is 0 Å². The summed E-state index contributed by atoms with van der Waals surface area (Å²) in [5.74, 6) is 0.859. The van der Waals surface area contributed by atoms with Gasteiger partial charge in [-0.2, -0.15) is 0 Å². The maximum atomic E-state index is 6.05. The molecule has 102 valence electrons. The van der Waals surface area contributed by atoms with Crippen molar-refractivity contribution in [2.75, 3.05) is 7.05 Å². The molecule has 0 aliphatic rings. The first-order valence-corrected chi connectivity index (χ1v) is 7.30. The number of halogens is 1. The molecule has 0 bridgehead atoms. The topological polar surface area (TPSA) is 34.1 Å². The quantitative estimate of drug-likeness (QED) is 0.907. The van der Waals surface area contributed by atoms with Crippen molar-refractivity contribution >= 4 is 22.9 Å². The monoisotopic (exact) mass is 296 g/mol. The first-order chi connectivity index (χ1) is 9.10. The van der Waals surface area contributed by atoms with E-state index in [4.69, 9.17) is 16.3 Å². The highest BCUT2D eigenvalue weighted by atomic mass is 35.5. The first-order valence-electron chi connectivity index (χ1n) is 6.11. The van der Waals surface area contributed by atoms with Crippen LogP contribution in [0, 0.1) is 6.92 Å². The van der Waals surface area contributed by atoms with E-state index < -0.39 is 0 Å². The Morgan fingerprint density at radius 2 is 2.26 bits per heavy atom. The number of aromatic nitrogens is 1. The van der Waals surface area contributed by atoms with Gasteiger partial charge in [0.15, 0.2) is 0 Å². The normalized spacial score (nSPS) is 12.4. The summed E-state index contributed by atoms with van der Waals surface area (Å²) in [7, 11) is 1.92. The summed E-state index contributed by atoms with van der Waals surface area (Å²) in [6.07, 6.45) is 1.86. The third-order valence-corrected chi connectivity index (χ3v) is 4.03. The molecule has 0 radical (unpaired) electrons. The van der Waals surface area contributed by atoms with Crippen LogP contribution in [0.2, 0.25) is 5.02 Å². The molecule has 1 N–H and O–H groups in total. The third kappa shape index (κ3) is 3.69. The number of hydrogen-bond acceptors (Lipinski definition) is 4. The highest BCUT2D eigenvalue weighted by molar-refractivity contribution is 7.11. The first kappa shape index (κ1) is 14.3. The van der Waals surface area contributed by atoms with Crippen LogP contribution in [0.4, 0.5) is 0 Å². The van der Waals surface area contributed by atoms with Gasteiger partial charge in [-0.3, -0.25) is 0 Å². The Labute approximate surface area is 122 Å². The fraction of sp³-hybridized carbons (Fsp3) is 0.357. The van der Waals surface area contributed by atoms with E-state index in [2.05, 4.69) is 17.2 Å². The van der Waals surface area contributed by atoms with E-state index in [9.17, 15) is 0 Å². The molecule has 1 aromatic carbocycles. The Hall–Kier alpha value is -1.10. The largest absolute Gasteiger partial charge is 0.488 e. The van der Waals surface area contributed by atoms with Crippen molar-refractivity contribution in [1.82, 2.24) is 10.3 Å². The minimum absolute atomic E-state index is 0.192. The molecular weight excluding hydrogens is 280 g/mol. The number of hydrogen-bond donors (Lipinski definition) is 1. The highest BCUT2D eigenvalue weighted by Gasteiger charge is 2.11. The van der Waals surface area contributed by atoms with E-state index in [1.54, 1.807) is 11.3 Å².